The van der Waals surface area contributed by atoms with Gasteiger partial charge in [0.15, 0.2) is 0 Å². The fraction of sp³-hybridized carbons (Fsp3) is 0.727. The lowest BCUT2D eigenvalue weighted by atomic mass is 10.1. The summed E-state index contributed by atoms with van der Waals surface area (Å²) >= 11 is 0. The van der Waals surface area contributed by atoms with Crippen molar-refractivity contribution in [1.82, 2.24) is 0 Å². The summed E-state index contributed by atoms with van der Waals surface area (Å²) in [7, 11) is 0. The summed E-state index contributed by atoms with van der Waals surface area (Å²) in [6.07, 6.45) is 3.30. The van der Waals surface area contributed by atoms with Crippen LogP contribution in [-0.4, -0.2) is 12.6 Å². The van der Waals surface area contributed by atoms with Crippen molar-refractivity contribution in [2.24, 2.45) is 0 Å². The maximum Gasteiger partial charge on any atom is 0.333 e. The van der Waals surface area contributed by atoms with E-state index in [1.807, 2.05) is 20.8 Å². The first kappa shape index (κ1) is 12.2. The summed E-state index contributed by atoms with van der Waals surface area (Å²) in [5.41, 5.74) is 1.93. The molecule has 0 radical (unpaired) electrons. The molecule has 0 saturated heterocycles. The summed E-state index contributed by atoms with van der Waals surface area (Å²) in [6.45, 7) is 8.27. The standard InChI is InChI=1S/C11H20O2/c1-5-7-8-9(3)10(4)11(12)13-6-2/h5-8H2,1-4H3/b10-9-. The Hall–Kier alpha value is -0.790. The second kappa shape index (κ2) is 6.70. The number of carbonyl (C=O) groups is 1. The molecule has 0 rings (SSSR count). The number of carbonyl (C=O) groups excluding carboxylic acids is 1. The summed E-state index contributed by atoms with van der Waals surface area (Å²) in [4.78, 5) is 11.3. The highest BCUT2D eigenvalue weighted by atomic mass is 16.5. The molecule has 0 aliphatic heterocycles. The molecule has 0 N–H and O–H groups in total. The molecule has 0 aliphatic rings. The monoisotopic (exact) mass is 184 g/mol. The number of ether oxygens (including phenoxy) is 1. The highest BCUT2D eigenvalue weighted by molar-refractivity contribution is 5.88. The van der Waals surface area contributed by atoms with Crippen LogP contribution >= 0.6 is 0 Å². The number of unbranched alkanes of at least 4 members (excludes halogenated alkanes) is 1. The van der Waals surface area contributed by atoms with E-state index in [-0.39, 0.29) is 5.97 Å². The SMILES string of the molecule is CCCC/C(C)=C(/C)C(=O)OCC. The van der Waals surface area contributed by atoms with Crippen molar-refractivity contribution in [3.8, 4) is 0 Å². The van der Waals surface area contributed by atoms with Crippen LogP contribution in [0.4, 0.5) is 0 Å². The van der Waals surface area contributed by atoms with Gasteiger partial charge >= 0.3 is 5.97 Å². The minimum atomic E-state index is -0.170. The van der Waals surface area contributed by atoms with Gasteiger partial charge in [0.05, 0.1) is 6.61 Å². The molecule has 0 heterocycles. The second-order valence-electron chi connectivity index (χ2n) is 3.23. The molecule has 0 atom stereocenters. The van der Waals surface area contributed by atoms with E-state index in [1.54, 1.807) is 0 Å². The fourth-order valence-electron chi connectivity index (χ4n) is 1.04. The van der Waals surface area contributed by atoms with Crippen molar-refractivity contribution in [1.29, 1.82) is 0 Å². The summed E-state index contributed by atoms with van der Waals surface area (Å²) < 4.78 is 4.91. The first-order valence-corrected chi connectivity index (χ1v) is 4.96. The molecule has 2 nitrogen and oxygen atoms in total. The van der Waals surface area contributed by atoms with Gasteiger partial charge in [0, 0.05) is 5.57 Å². The van der Waals surface area contributed by atoms with Crippen LogP contribution in [0.25, 0.3) is 0 Å². The highest BCUT2D eigenvalue weighted by Gasteiger charge is 2.07. The van der Waals surface area contributed by atoms with Crippen LogP contribution < -0.4 is 0 Å². The third-order valence-electron chi connectivity index (χ3n) is 2.13. The predicted molar refractivity (Wildman–Crippen MR) is 54.5 cm³/mol. The minimum absolute atomic E-state index is 0.170. The maximum atomic E-state index is 11.3. The lowest BCUT2D eigenvalue weighted by molar-refractivity contribution is -0.138. The van der Waals surface area contributed by atoms with E-state index in [4.69, 9.17) is 4.74 Å². The lowest BCUT2D eigenvalue weighted by Crippen LogP contribution is -2.07. The van der Waals surface area contributed by atoms with Crippen molar-refractivity contribution in [2.75, 3.05) is 6.61 Å². The van der Waals surface area contributed by atoms with E-state index in [0.717, 1.165) is 30.4 Å². The lowest BCUT2D eigenvalue weighted by Gasteiger charge is -2.06. The van der Waals surface area contributed by atoms with E-state index in [0.29, 0.717) is 6.61 Å². The molecule has 0 unspecified atom stereocenters. The van der Waals surface area contributed by atoms with Gasteiger partial charge in [-0.05, 0) is 33.6 Å². The van der Waals surface area contributed by atoms with Crippen molar-refractivity contribution in [2.45, 2.75) is 47.0 Å². The predicted octanol–water partition coefficient (Wildman–Crippen LogP) is 3.08. The van der Waals surface area contributed by atoms with Gasteiger partial charge in [-0.2, -0.15) is 0 Å². The second-order valence-corrected chi connectivity index (χ2v) is 3.23. The number of hydrogen-bond acceptors (Lipinski definition) is 2. The van der Waals surface area contributed by atoms with Crippen LogP contribution in [-0.2, 0) is 9.53 Å². The number of allylic oxidation sites excluding steroid dienone is 1. The summed E-state index contributed by atoms with van der Waals surface area (Å²) in [5.74, 6) is -0.170. The molecule has 0 fully saturated rings. The van der Waals surface area contributed by atoms with Gasteiger partial charge in [-0.25, -0.2) is 4.79 Å². The third-order valence-corrected chi connectivity index (χ3v) is 2.13. The first-order chi connectivity index (χ1) is 6.13. The highest BCUT2D eigenvalue weighted by Crippen LogP contribution is 2.12. The molecule has 0 aromatic rings. The number of hydrogen-bond donors (Lipinski definition) is 0. The zero-order valence-corrected chi connectivity index (χ0v) is 9.14. The molecule has 0 aromatic carbocycles. The van der Waals surface area contributed by atoms with Crippen LogP contribution in [0.15, 0.2) is 11.1 Å². The molecule has 0 saturated carbocycles. The number of rotatable bonds is 5. The van der Waals surface area contributed by atoms with Crippen molar-refractivity contribution < 1.29 is 9.53 Å². The molecule has 76 valence electrons. The van der Waals surface area contributed by atoms with Gasteiger partial charge in [-0.3, -0.25) is 0 Å². The van der Waals surface area contributed by atoms with Crippen LogP contribution in [0.5, 0.6) is 0 Å². The molecule has 0 spiro atoms. The summed E-state index contributed by atoms with van der Waals surface area (Å²) in [6, 6.07) is 0. The molecule has 2 heteroatoms. The van der Waals surface area contributed by atoms with E-state index in [9.17, 15) is 4.79 Å². The average Bonchev–Trinajstić information content (AvgIpc) is 2.13. The Morgan fingerprint density at radius 2 is 1.85 bits per heavy atom. The first-order valence-electron chi connectivity index (χ1n) is 4.96. The Morgan fingerprint density at radius 3 is 2.31 bits per heavy atom. The smallest absolute Gasteiger partial charge is 0.333 e. The van der Waals surface area contributed by atoms with Crippen molar-refractivity contribution >= 4 is 5.97 Å². The number of esters is 1. The zero-order valence-electron chi connectivity index (χ0n) is 9.14. The van der Waals surface area contributed by atoms with Gasteiger partial charge < -0.3 is 4.74 Å². The largest absolute Gasteiger partial charge is 0.463 e. The van der Waals surface area contributed by atoms with Crippen LogP contribution in [0, 0.1) is 0 Å². The van der Waals surface area contributed by atoms with Crippen LogP contribution in [0.1, 0.15) is 47.0 Å². The van der Waals surface area contributed by atoms with Crippen molar-refractivity contribution in [3.05, 3.63) is 11.1 Å². The van der Waals surface area contributed by atoms with Gasteiger partial charge in [-0.1, -0.05) is 18.9 Å². The van der Waals surface area contributed by atoms with Gasteiger partial charge in [-0.15, -0.1) is 0 Å². The Labute approximate surface area is 81.0 Å². The van der Waals surface area contributed by atoms with Gasteiger partial charge in [0.2, 0.25) is 0 Å². The van der Waals surface area contributed by atoms with Crippen molar-refractivity contribution in [3.63, 3.8) is 0 Å². The quantitative estimate of drug-likeness (QED) is 0.485. The van der Waals surface area contributed by atoms with E-state index >= 15 is 0 Å². The Kier molecular flexibility index (Phi) is 6.29. The molecule has 13 heavy (non-hydrogen) atoms. The zero-order chi connectivity index (χ0) is 10.3. The molecular formula is C11H20O2. The summed E-state index contributed by atoms with van der Waals surface area (Å²) in [5, 5.41) is 0. The van der Waals surface area contributed by atoms with E-state index in [2.05, 4.69) is 6.92 Å². The molecule has 0 amide bonds. The third kappa shape index (κ3) is 4.71. The normalized spacial score (nSPS) is 12.3. The molecule has 0 bridgehead atoms. The van der Waals surface area contributed by atoms with Crippen LogP contribution in [0.3, 0.4) is 0 Å². The Bertz CT molecular complexity index is 192. The average molecular weight is 184 g/mol. The topological polar surface area (TPSA) is 26.3 Å². The van der Waals surface area contributed by atoms with E-state index in [1.165, 1.54) is 0 Å². The van der Waals surface area contributed by atoms with Crippen LogP contribution in [0.2, 0.25) is 0 Å². The Balaban J connectivity index is 4.15. The molecule has 0 aromatic heterocycles. The maximum absolute atomic E-state index is 11.3. The molecule has 0 aliphatic carbocycles. The van der Waals surface area contributed by atoms with Gasteiger partial charge in [0.25, 0.3) is 0 Å². The Morgan fingerprint density at radius 1 is 1.23 bits per heavy atom. The van der Waals surface area contributed by atoms with Gasteiger partial charge in [0.1, 0.15) is 0 Å². The molecular weight excluding hydrogens is 164 g/mol. The van der Waals surface area contributed by atoms with E-state index < -0.39 is 0 Å². The fourth-order valence-corrected chi connectivity index (χ4v) is 1.04. The minimum Gasteiger partial charge on any atom is -0.463 e.